The molecular formula is C41H25N3. The third-order valence-electron chi connectivity index (χ3n) is 8.75. The first-order chi connectivity index (χ1) is 21.8. The Kier molecular flexibility index (Phi) is 5.50. The lowest BCUT2D eigenvalue weighted by Gasteiger charge is -2.16. The smallest absolute Gasteiger partial charge is 0.0978 e. The fourth-order valence-corrected chi connectivity index (χ4v) is 6.65. The molecule has 0 atom stereocenters. The van der Waals surface area contributed by atoms with Crippen molar-refractivity contribution in [3.8, 4) is 33.4 Å². The summed E-state index contributed by atoms with van der Waals surface area (Å²) in [7, 11) is 0. The zero-order valence-electron chi connectivity index (χ0n) is 23.8. The summed E-state index contributed by atoms with van der Waals surface area (Å²) in [5.41, 5.74) is 11.0. The van der Waals surface area contributed by atoms with E-state index in [9.17, 15) is 0 Å². The van der Waals surface area contributed by atoms with E-state index in [1.165, 1.54) is 44.2 Å². The molecule has 3 nitrogen and oxygen atoms in total. The van der Waals surface area contributed by atoms with Crippen LogP contribution in [0.25, 0.3) is 87.8 Å². The van der Waals surface area contributed by atoms with Crippen LogP contribution in [0.4, 0.5) is 0 Å². The minimum atomic E-state index is 0.931. The van der Waals surface area contributed by atoms with Gasteiger partial charge in [0.05, 0.1) is 22.1 Å². The van der Waals surface area contributed by atoms with Gasteiger partial charge < -0.3 is 0 Å². The van der Waals surface area contributed by atoms with Gasteiger partial charge in [-0.3, -0.25) is 9.97 Å². The van der Waals surface area contributed by atoms with E-state index in [1.807, 2.05) is 24.5 Å². The number of aromatic nitrogens is 3. The van der Waals surface area contributed by atoms with Crippen LogP contribution in [0.15, 0.2) is 152 Å². The molecule has 0 unspecified atom stereocenters. The molecule has 9 rings (SSSR count). The first-order valence-corrected chi connectivity index (χ1v) is 14.9. The SMILES string of the molecule is c1cnc2ccc(-c3ccc(-c4ccc(-c5c6ccccc6nc6c5ccc5cccnc56)c5ccccc45)cc3)cc2c1. The van der Waals surface area contributed by atoms with Gasteiger partial charge in [0.2, 0.25) is 0 Å². The third-order valence-corrected chi connectivity index (χ3v) is 8.75. The summed E-state index contributed by atoms with van der Waals surface area (Å²) in [5.74, 6) is 0. The quantitative estimate of drug-likeness (QED) is 0.160. The molecule has 0 saturated carbocycles. The lowest BCUT2D eigenvalue weighted by atomic mass is 9.88. The first kappa shape index (κ1) is 24.6. The van der Waals surface area contributed by atoms with Crippen LogP contribution in [0, 0.1) is 0 Å². The number of hydrogen-bond acceptors (Lipinski definition) is 3. The molecule has 0 aliphatic rings. The number of hydrogen-bond donors (Lipinski definition) is 0. The zero-order chi connectivity index (χ0) is 29.0. The van der Waals surface area contributed by atoms with E-state index in [2.05, 4.69) is 132 Å². The topological polar surface area (TPSA) is 38.7 Å². The zero-order valence-corrected chi connectivity index (χ0v) is 23.8. The van der Waals surface area contributed by atoms with Gasteiger partial charge in [0.1, 0.15) is 0 Å². The Morgan fingerprint density at radius 1 is 0.364 bits per heavy atom. The van der Waals surface area contributed by atoms with Crippen LogP contribution < -0.4 is 0 Å². The normalized spacial score (nSPS) is 11.6. The van der Waals surface area contributed by atoms with Crippen LogP contribution in [-0.4, -0.2) is 15.0 Å². The summed E-state index contributed by atoms with van der Waals surface area (Å²) in [4.78, 5) is 14.3. The van der Waals surface area contributed by atoms with Crippen LogP contribution >= 0.6 is 0 Å². The maximum absolute atomic E-state index is 5.12. The molecule has 44 heavy (non-hydrogen) atoms. The molecule has 3 heteroatoms. The van der Waals surface area contributed by atoms with Gasteiger partial charge >= 0.3 is 0 Å². The predicted octanol–water partition coefficient (Wildman–Crippen LogP) is 10.6. The van der Waals surface area contributed by atoms with Crippen molar-refractivity contribution in [1.82, 2.24) is 15.0 Å². The van der Waals surface area contributed by atoms with Crippen molar-refractivity contribution < 1.29 is 0 Å². The molecule has 6 aromatic carbocycles. The van der Waals surface area contributed by atoms with E-state index in [0.717, 1.165) is 43.6 Å². The van der Waals surface area contributed by atoms with Crippen molar-refractivity contribution in [1.29, 1.82) is 0 Å². The van der Waals surface area contributed by atoms with Crippen LogP contribution in [0.2, 0.25) is 0 Å². The number of nitrogens with zero attached hydrogens (tertiary/aromatic N) is 3. The molecule has 9 aromatic rings. The second kappa shape index (κ2) is 9.82. The molecule has 204 valence electrons. The highest BCUT2D eigenvalue weighted by atomic mass is 14.7. The molecule has 3 heterocycles. The van der Waals surface area contributed by atoms with E-state index < -0.39 is 0 Å². The molecule has 0 amide bonds. The number of para-hydroxylation sites is 1. The summed E-state index contributed by atoms with van der Waals surface area (Å²) in [5, 5.41) is 6.94. The van der Waals surface area contributed by atoms with Crippen molar-refractivity contribution >= 4 is 54.4 Å². The van der Waals surface area contributed by atoms with E-state index >= 15 is 0 Å². The summed E-state index contributed by atoms with van der Waals surface area (Å²) < 4.78 is 0. The van der Waals surface area contributed by atoms with E-state index in [1.54, 1.807) is 0 Å². The molecule has 0 bridgehead atoms. The lowest BCUT2D eigenvalue weighted by molar-refractivity contribution is 1.40. The molecule has 3 aromatic heterocycles. The lowest BCUT2D eigenvalue weighted by Crippen LogP contribution is -1.93. The van der Waals surface area contributed by atoms with Gasteiger partial charge in [0.25, 0.3) is 0 Å². The number of rotatable bonds is 3. The highest BCUT2D eigenvalue weighted by Crippen LogP contribution is 2.42. The maximum atomic E-state index is 5.12. The second-order valence-corrected chi connectivity index (χ2v) is 11.2. The van der Waals surface area contributed by atoms with Crippen molar-refractivity contribution in [3.63, 3.8) is 0 Å². The Bertz CT molecular complexity index is 2550. The minimum absolute atomic E-state index is 0.931. The largest absolute Gasteiger partial charge is 0.256 e. The fourth-order valence-electron chi connectivity index (χ4n) is 6.65. The molecule has 0 aliphatic heterocycles. The van der Waals surface area contributed by atoms with Crippen molar-refractivity contribution in [2.75, 3.05) is 0 Å². The molecule has 0 spiro atoms. The molecule has 0 radical (unpaired) electrons. The molecular weight excluding hydrogens is 534 g/mol. The Balaban J connectivity index is 1.23. The van der Waals surface area contributed by atoms with Crippen LogP contribution in [0.5, 0.6) is 0 Å². The van der Waals surface area contributed by atoms with Crippen molar-refractivity contribution in [3.05, 3.63) is 152 Å². The summed E-state index contributed by atoms with van der Waals surface area (Å²) >= 11 is 0. The maximum Gasteiger partial charge on any atom is 0.0978 e. The fraction of sp³-hybridized carbons (Fsp3) is 0. The highest BCUT2D eigenvalue weighted by molar-refractivity contribution is 6.20. The molecule has 0 aliphatic carbocycles. The van der Waals surface area contributed by atoms with E-state index in [4.69, 9.17) is 9.97 Å². The summed E-state index contributed by atoms with van der Waals surface area (Å²) in [6.45, 7) is 0. The highest BCUT2D eigenvalue weighted by Gasteiger charge is 2.17. The molecule has 0 fully saturated rings. The number of benzene rings is 6. The average molecular weight is 560 g/mol. The first-order valence-electron chi connectivity index (χ1n) is 14.9. The number of fused-ring (bicyclic) bond motifs is 6. The van der Waals surface area contributed by atoms with Crippen LogP contribution in [0.3, 0.4) is 0 Å². The Labute approximate surface area is 254 Å². The van der Waals surface area contributed by atoms with E-state index in [-0.39, 0.29) is 0 Å². The van der Waals surface area contributed by atoms with Crippen molar-refractivity contribution in [2.24, 2.45) is 0 Å². The van der Waals surface area contributed by atoms with Crippen molar-refractivity contribution in [2.45, 2.75) is 0 Å². The second-order valence-electron chi connectivity index (χ2n) is 11.2. The monoisotopic (exact) mass is 559 g/mol. The average Bonchev–Trinajstić information content (AvgIpc) is 3.10. The number of pyridine rings is 3. The molecule has 0 N–H and O–H groups in total. The van der Waals surface area contributed by atoms with Gasteiger partial charge in [0, 0.05) is 39.5 Å². The van der Waals surface area contributed by atoms with Gasteiger partial charge in [-0.05, 0) is 68.9 Å². The summed E-state index contributed by atoms with van der Waals surface area (Å²) in [6.07, 6.45) is 3.69. The van der Waals surface area contributed by atoms with Gasteiger partial charge in [0.15, 0.2) is 0 Å². The third kappa shape index (κ3) is 3.87. The minimum Gasteiger partial charge on any atom is -0.256 e. The van der Waals surface area contributed by atoms with Gasteiger partial charge in [-0.2, -0.15) is 0 Å². The molecule has 0 saturated heterocycles. The van der Waals surface area contributed by atoms with Gasteiger partial charge in [-0.1, -0.05) is 109 Å². The van der Waals surface area contributed by atoms with Gasteiger partial charge in [-0.25, -0.2) is 4.98 Å². The predicted molar refractivity (Wildman–Crippen MR) is 184 cm³/mol. The van der Waals surface area contributed by atoms with Crippen LogP contribution in [0.1, 0.15) is 0 Å². The standard InChI is InChI=1S/C41H25N3/c1-2-10-33-32(9-1)31(27-15-13-26(14-16-27)29-18-22-37-30(25-29)8-6-23-42-37)20-21-34(33)39-35-11-3-4-12-38(35)44-41-36(39)19-17-28-7-5-24-43-40(28)41/h1-25H. The Morgan fingerprint density at radius 2 is 1.05 bits per heavy atom. The van der Waals surface area contributed by atoms with E-state index in [0.29, 0.717) is 0 Å². The van der Waals surface area contributed by atoms with Gasteiger partial charge in [-0.15, -0.1) is 0 Å². The summed E-state index contributed by atoms with van der Waals surface area (Å²) in [6, 6.07) is 49.7. The Morgan fingerprint density at radius 3 is 1.91 bits per heavy atom. The Hall–Kier alpha value is -5.93. The van der Waals surface area contributed by atoms with Crippen LogP contribution in [-0.2, 0) is 0 Å².